The average molecular weight is 377 g/mol. The molecular weight excluding hydrogens is 354 g/mol. The van der Waals surface area contributed by atoms with Gasteiger partial charge in [-0.1, -0.05) is 12.1 Å². The number of hydrogen-bond donors (Lipinski definition) is 2. The van der Waals surface area contributed by atoms with Crippen LogP contribution in [0.2, 0.25) is 0 Å². The Kier molecular flexibility index (Phi) is 4.20. The van der Waals surface area contributed by atoms with Crippen LogP contribution in [-0.2, 0) is 0 Å². The number of imidazole rings is 1. The largest absolute Gasteiger partial charge is 0.365 e. The SMILES string of the molecule is CN1CCN(C(=O)c2ccc(-c3nc4ncnc(NC5CC5)c4[nH]3)cc2)CC1. The molecule has 5 rings (SSSR count). The summed E-state index contributed by atoms with van der Waals surface area (Å²) >= 11 is 0. The molecule has 0 unspecified atom stereocenters. The summed E-state index contributed by atoms with van der Waals surface area (Å²) < 4.78 is 0. The molecule has 3 aromatic rings. The highest BCUT2D eigenvalue weighted by Gasteiger charge is 2.23. The fourth-order valence-electron chi connectivity index (χ4n) is 3.46. The number of rotatable bonds is 4. The minimum absolute atomic E-state index is 0.0889. The van der Waals surface area contributed by atoms with Crippen LogP contribution in [-0.4, -0.2) is 74.9 Å². The Morgan fingerprint density at radius 1 is 1.11 bits per heavy atom. The summed E-state index contributed by atoms with van der Waals surface area (Å²) in [6.07, 6.45) is 3.89. The Bertz CT molecular complexity index is 1000. The average Bonchev–Trinajstić information content (AvgIpc) is 3.43. The van der Waals surface area contributed by atoms with E-state index in [4.69, 9.17) is 0 Å². The molecule has 1 amide bonds. The quantitative estimate of drug-likeness (QED) is 0.723. The summed E-state index contributed by atoms with van der Waals surface area (Å²) in [7, 11) is 2.08. The van der Waals surface area contributed by atoms with Gasteiger partial charge < -0.3 is 20.1 Å². The molecule has 0 spiro atoms. The molecule has 0 atom stereocenters. The lowest BCUT2D eigenvalue weighted by atomic mass is 10.1. The molecule has 144 valence electrons. The highest BCUT2D eigenvalue weighted by Crippen LogP contribution is 2.28. The van der Waals surface area contributed by atoms with Gasteiger partial charge in [-0.05, 0) is 32.0 Å². The van der Waals surface area contributed by atoms with Crippen LogP contribution in [0.15, 0.2) is 30.6 Å². The maximum Gasteiger partial charge on any atom is 0.253 e. The Hall–Kier alpha value is -3.00. The van der Waals surface area contributed by atoms with Gasteiger partial charge in [-0.2, -0.15) is 0 Å². The smallest absolute Gasteiger partial charge is 0.253 e. The lowest BCUT2D eigenvalue weighted by molar-refractivity contribution is 0.0664. The summed E-state index contributed by atoms with van der Waals surface area (Å²) in [5.41, 5.74) is 3.10. The fourth-order valence-corrected chi connectivity index (χ4v) is 3.46. The van der Waals surface area contributed by atoms with Gasteiger partial charge in [-0.15, -0.1) is 0 Å². The molecule has 2 N–H and O–H groups in total. The van der Waals surface area contributed by atoms with Crippen LogP contribution in [0.1, 0.15) is 23.2 Å². The highest BCUT2D eigenvalue weighted by molar-refractivity contribution is 5.95. The number of carbonyl (C=O) groups excluding carboxylic acids is 1. The van der Waals surface area contributed by atoms with Gasteiger partial charge in [0.15, 0.2) is 11.5 Å². The summed E-state index contributed by atoms with van der Waals surface area (Å²) in [6, 6.07) is 8.12. The van der Waals surface area contributed by atoms with E-state index in [1.54, 1.807) is 0 Å². The second-order valence-corrected chi connectivity index (χ2v) is 7.60. The van der Waals surface area contributed by atoms with Gasteiger partial charge >= 0.3 is 0 Å². The molecule has 1 saturated heterocycles. The number of fused-ring (bicyclic) bond motifs is 1. The van der Waals surface area contributed by atoms with E-state index < -0.39 is 0 Å². The summed E-state index contributed by atoms with van der Waals surface area (Å²) in [5, 5.41) is 3.41. The van der Waals surface area contributed by atoms with Crippen molar-refractivity contribution in [2.75, 3.05) is 38.5 Å². The Morgan fingerprint density at radius 3 is 2.57 bits per heavy atom. The van der Waals surface area contributed by atoms with Crippen molar-refractivity contribution in [2.45, 2.75) is 18.9 Å². The zero-order chi connectivity index (χ0) is 19.1. The Labute approximate surface area is 163 Å². The summed E-state index contributed by atoms with van der Waals surface area (Å²) in [6.45, 7) is 3.38. The molecule has 1 aromatic carbocycles. The number of nitrogens with one attached hydrogen (secondary N) is 2. The number of benzene rings is 1. The normalized spacial score (nSPS) is 17.8. The van der Waals surface area contributed by atoms with E-state index in [1.165, 1.54) is 19.2 Å². The van der Waals surface area contributed by atoms with E-state index in [9.17, 15) is 4.79 Å². The van der Waals surface area contributed by atoms with Crippen LogP contribution >= 0.6 is 0 Å². The molecule has 0 radical (unpaired) electrons. The number of piperazine rings is 1. The molecule has 1 aliphatic heterocycles. The molecule has 2 aliphatic rings. The summed E-state index contributed by atoms with van der Waals surface area (Å²) in [5.74, 6) is 1.62. The van der Waals surface area contributed by atoms with Crippen LogP contribution in [0.4, 0.5) is 5.82 Å². The zero-order valence-electron chi connectivity index (χ0n) is 15.9. The molecule has 28 heavy (non-hydrogen) atoms. The third kappa shape index (κ3) is 3.31. The van der Waals surface area contributed by atoms with Gasteiger partial charge in [0.25, 0.3) is 5.91 Å². The Morgan fingerprint density at radius 2 is 1.86 bits per heavy atom. The van der Waals surface area contributed by atoms with E-state index >= 15 is 0 Å². The maximum atomic E-state index is 12.7. The number of nitrogens with zero attached hydrogens (tertiary/aromatic N) is 5. The number of likely N-dealkylation sites (N-methyl/N-ethyl adjacent to an activating group) is 1. The topological polar surface area (TPSA) is 90.0 Å². The van der Waals surface area contributed by atoms with E-state index in [0.29, 0.717) is 17.3 Å². The number of H-pyrrole nitrogens is 1. The van der Waals surface area contributed by atoms with Crippen LogP contribution in [0, 0.1) is 0 Å². The lowest BCUT2D eigenvalue weighted by Gasteiger charge is -2.32. The molecular formula is C20H23N7O. The number of carbonyl (C=O) groups is 1. The number of aromatic nitrogens is 4. The molecule has 2 fully saturated rings. The minimum atomic E-state index is 0.0889. The van der Waals surface area contributed by atoms with E-state index in [-0.39, 0.29) is 5.91 Å². The number of hydrogen-bond acceptors (Lipinski definition) is 6. The van der Waals surface area contributed by atoms with Crippen molar-refractivity contribution in [1.29, 1.82) is 0 Å². The van der Waals surface area contributed by atoms with Crippen LogP contribution in [0.5, 0.6) is 0 Å². The van der Waals surface area contributed by atoms with Gasteiger partial charge in [0.05, 0.1) is 0 Å². The van der Waals surface area contributed by atoms with Crippen LogP contribution < -0.4 is 5.32 Å². The molecule has 8 heteroatoms. The van der Waals surface area contributed by atoms with Crippen molar-refractivity contribution in [3.05, 3.63) is 36.2 Å². The maximum absolute atomic E-state index is 12.7. The summed E-state index contributed by atoms with van der Waals surface area (Å²) in [4.78, 5) is 33.4. The van der Waals surface area contributed by atoms with Crippen LogP contribution in [0.3, 0.4) is 0 Å². The third-order valence-electron chi connectivity index (χ3n) is 5.40. The highest BCUT2D eigenvalue weighted by atomic mass is 16.2. The third-order valence-corrected chi connectivity index (χ3v) is 5.40. The molecule has 0 bridgehead atoms. The van der Waals surface area contributed by atoms with Gasteiger partial charge in [0.1, 0.15) is 17.7 Å². The predicted molar refractivity (Wildman–Crippen MR) is 107 cm³/mol. The van der Waals surface area contributed by atoms with Crippen molar-refractivity contribution < 1.29 is 4.79 Å². The molecule has 1 aliphatic carbocycles. The van der Waals surface area contributed by atoms with Crippen molar-refractivity contribution in [2.24, 2.45) is 0 Å². The second kappa shape index (κ2) is 6.87. The van der Waals surface area contributed by atoms with Crippen molar-refractivity contribution >= 4 is 22.9 Å². The van der Waals surface area contributed by atoms with Crippen molar-refractivity contribution in [3.63, 3.8) is 0 Å². The van der Waals surface area contributed by atoms with Gasteiger partial charge in [0.2, 0.25) is 0 Å². The first-order valence-corrected chi connectivity index (χ1v) is 9.73. The standard InChI is InChI=1S/C20H23N7O/c1-26-8-10-27(11-9-26)20(28)14-4-2-13(3-5-14)17-24-16-18(23-15-6-7-15)21-12-22-19(16)25-17/h2-5,12,15H,6-11H2,1H3,(H2,21,22,23,24,25). The lowest BCUT2D eigenvalue weighted by Crippen LogP contribution is -2.47. The second-order valence-electron chi connectivity index (χ2n) is 7.60. The minimum Gasteiger partial charge on any atom is -0.365 e. The van der Waals surface area contributed by atoms with Gasteiger partial charge in [0, 0.05) is 43.3 Å². The number of aromatic amines is 1. The van der Waals surface area contributed by atoms with Gasteiger partial charge in [-0.25, -0.2) is 15.0 Å². The molecule has 2 aromatic heterocycles. The number of anilines is 1. The first-order valence-electron chi connectivity index (χ1n) is 9.73. The molecule has 1 saturated carbocycles. The number of amides is 1. The zero-order valence-corrected chi connectivity index (χ0v) is 15.9. The predicted octanol–water partition coefficient (Wildman–Crippen LogP) is 1.98. The van der Waals surface area contributed by atoms with Crippen molar-refractivity contribution in [1.82, 2.24) is 29.7 Å². The first-order chi connectivity index (χ1) is 13.7. The Balaban J connectivity index is 1.37. The van der Waals surface area contributed by atoms with E-state index in [2.05, 4.69) is 37.2 Å². The van der Waals surface area contributed by atoms with E-state index in [1.807, 2.05) is 29.2 Å². The van der Waals surface area contributed by atoms with Crippen LogP contribution in [0.25, 0.3) is 22.6 Å². The van der Waals surface area contributed by atoms with Gasteiger partial charge in [-0.3, -0.25) is 4.79 Å². The fraction of sp³-hybridized carbons (Fsp3) is 0.400. The molecule has 8 nitrogen and oxygen atoms in total. The first kappa shape index (κ1) is 17.1. The van der Waals surface area contributed by atoms with E-state index in [0.717, 1.165) is 48.9 Å². The van der Waals surface area contributed by atoms with Crippen molar-refractivity contribution in [3.8, 4) is 11.4 Å². The monoisotopic (exact) mass is 377 g/mol. The molecule has 3 heterocycles.